The predicted octanol–water partition coefficient (Wildman–Crippen LogP) is 1.75. The number of carbonyl (C=O) groups is 1. The van der Waals surface area contributed by atoms with Gasteiger partial charge in [-0.2, -0.15) is 0 Å². The summed E-state index contributed by atoms with van der Waals surface area (Å²) in [6.07, 6.45) is 0. The van der Waals surface area contributed by atoms with Crippen LogP contribution in [-0.4, -0.2) is 23.9 Å². The quantitative estimate of drug-likeness (QED) is 0.910. The average molecular weight is 271 g/mol. The average Bonchev–Trinajstić information content (AvgIpc) is 2.20. The lowest BCUT2D eigenvalue weighted by atomic mass is 10.2. The molecule has 0 saturated carbocycles. The van der Waals surface area contributed by atoms with Crippen molar-refractivity contribution in [3.05, 3.63) is 34.3 Å². The van der Waals surface area contributed by atoms with Crippen LogP contribution in [0.1, 0.15) is 12.5 Å². The van der Waals surface area contributed by atoms with Crippen molar-refractivity contribution in [2.24, 2.45) is 5.73 Å². The van der Waals surface area contributed by atoms with Gasteiger partial charge in [-0.25, -0.2) is 0 Å². The zero-order valence-corrected chi connectivity index (χ0v) is 10.5. The maximum atomic E-state index is 11.5. The summed E-state index contributed by atoms with van der Waals surface area (Å²) in [5.41, 5.74) is 6.61. The Labute approximate surface area is 98.4 Å². The molecule has 4 heteroatoms. The zero-order valence-electron chi connectivity index (χ0n) is 8.90. The molecule has 3 nitrogen and oxygen atoms in total. The second-order valence-electron chi connectivity index (χ2n) is 3.61. The molecule has 82 valence electrons. The molecule has 0 fully saturated rings. The molecule has 1 aromatic carbocycles. The molecule has 1 atom stereocenters. The van der Waals surface area contributed by atoms with Crippen LogP contribution >= 0.6 is 15.9 Å². The molecular weight excluding hydrogens is 256 g/mol. The minimum absolute atomic E-state index is 0.0436. The Morgan fingerprint density at radius 3 is 2.47 bits per heavy atom. The van der Waals surface area contributed by atoms with E-state index in [0.29, 0.717) is 6.54 Å². The van der Waals surface area contributed by atoms with Crippen LogP contribution < -0.4 is 5.73 Å². The van der Waals surface area contributed by atoms with Gasteiger partial charge in [-0.3, -0.25) is 4.79 Å². The van der Waals surface area contributed by atoms with Gasteiger partial charge in [-0.05, 0) is 24.6 Å². The number of nitrogens with two attached hydrogens (primary N) is 1. The summed E-state index contributed by atoms with van der Waals surface area (Å²) in [4.78, 5) is 13.1. The lowest BCUT2D eigenvalue weighted by Gasteiger charge is -2.19. The second-order valence-corrected chi connectivity index (χ2v) is 4.53. The van der Waals surface area contributed by atoms with Crippen LogP contribution in [0.3, 0.4) is 0 Å². The Bertz CT molecular complexity index is 335. The van der Waals surface area contributed by atoms with Gasteiger partial charge in [-0.1, -0.05) is 28.1 Å². The van der Waals surface area contributed by atoms with E-state index >= 15 is 0 Å². The molecule has 2 N–H and O–H groups in total. The van der Waals surface area contributed by atoms with Crippen molar-refractivity contribution >= 4 is 21.8 Å². The fraction of sp³-hybridized carbons (Fsp3) is 0.364. The van der Waals surface area contributed by atoms with Gasteiger partial charge >= 0.3 is 0 Å². The first-order valence-corrected chi connectivity index (χ1v) is 5.55. The van der Waals surface area contributed by atoms with Gasteiger partial charge in [0.2, 0.25) is 5.91 Å². The first-order chi connectivity index (χ1) is 7.00. The highest BCUT2D eigenvalue weighted by molar-refractivity contribution is 9.10. The molecule has 0 aliphatic heterocycles. The molecular formula is C11H15BrN2O. The molecule has 0 heterocycles. The van der Waals surface area contributed by atoms with Crippen molar-refractivity contribution in [2.45, 2.75) is 19.5 Å². The van der Waals surface area contributed by atoms with Gasteiger partial charge in [0.1, 0.15) is 0 Å². The van der Waals surface area contributed by atoms with Crippen LogP contribution in [0.15, 0.2) is 28.7 Å². The normalized spacial score (nSPS) is 12.3. The monoisotopic (exact) mass is 270 g/mol. The third kappa shape index (κ3) is 3.64. The van der Waals surface area contributed by atoms with Crippen molar-refractivity contribution in [3.8, 4) is 0 Å². The van der Waals surface area contributed by atoms with Crippen LogP contribution in [-0.2, 0) is 11.3 Å². The highest BCUT2D eigenvalue weighted by Gasteiger charge is 2.12. The summed E-state index contributed by atoms with van der Waals surface area (Å²) in [6, 6.07) is 7.44. The molecule has 1 amide bonds. The minimum Gasteiger partial charge on any atom is -0.340 e. The summed E-state index contributed by atoms with van der Waals surface area (Å²) < 4.78 is 1.03. The minimum atomic E-state index is -0.439. The zero-order chi connectivity index (χ0) is 11.4. The summed E-state index contributed by atoms with van der Waals surface area (Å²) >= 11 is 3.36. The molecule has 0 spiro atoms. The van der Waals surface area contributed by atoms with Crippen molar-refractivity contribution in [1.82, 2.24) is 4.90 Å². The fourth-order valence-corrected chi connectivity index (χ4v) is 1.55. The molecule has 1 rings (SSSR count). The summed E-state index contributed by atoms with van der Waals surface area (Å²) in [5.74, 6) is -0.0436. The van der Waals surface area contributed by atoms with E-state index in [4.69, 9.17) is 5.73 Å². The number of nitrogens with zero attached hydrogens (tertiary/aromatic N) is 1. The fourth-order valence-electron chi connectivity index (χ4n) is 1.29. The summed E-state index contributed by atoms with van der Waals surface area (Å²) in [7, 11) is 1.76. The third-order valence-electron chi connectivity index (χ3n) is 2.10. The van der Waals surface area contributed by atoms with Gasteiger partial charge in [0, 0.05) is 18.1 Å². The van der Waals surface area contributed by atoms with E-state index in [1.54, 1.807) is 18.9 Å². The highest BCUT2D eigenvalue weighted by atomic mass is 79.9. The number of likely N-dealkylation sites (N-methyl/N-ethyl adjacent to an activating group) is 1. The third-order valence-corrected chi connectivity index (χ3v) is 2.63. The molecule has 0 aliphatic carbocycles. The predicted molar refractivity (Wildman–Crippen MR) is 64.3 cm³/mol. The number of benzene rings is 1. The smallest absolute Gasteiger partial charge is 0.239 e. The maximum Gasteiger partial charge on any atom is 0.239 e. The Balaban J connectivity index is 2.62. The van der Waals surface area contributed by atoms with E-state index in [2.05, 4.69) is 15.9 Å². The Morgan fingerprint density at radius 2 is 2.00 bits per heavy atom. The molecule has 15 heavy (non-hydrogen) atoms. The standard InChI is InChI=1S/C11H15BrN2O/c1-8(13)11(15)14(2)7-9-3-5-10(12)6-4-9/h3-6,8H,7,13H2,1-2H3/t8-/m0/s1. The lowest BCUT2D eigenvalue weighted by molar-refractivity contribution is -0.131. The molecule has 0 bridgehead atoms. The molecule has 0 radical (unpaired) electrons. The number of hydrogen-bond acceptors (Lipinski definition) is 2. The number of amides is 1. The summed E-state index contributed by atoms with van der Waals surface area (Å²) in [6.45, 7) is 2.29. The SMILES string of the molecule is C[C@H](N)C(=O)N(C)Cc1ccc(Br)cc1. The van der Waals surface area contributed by atoms with Crippen LogP contribution in [0.2, 0.25) is 0 Å². The Hall–Kier alpha value is -0.870. The number of carbonyl (C=O) groups excluding carboxylic acids is 1. The van der Waals surface area contributed by atoms with Gasteiger partial charge in [0.15, 0.2) is 0 Å². The number of hydrogen-bond donors (Lipinski definition) is 1. The first kappa shape index (κ1) is 12.2. The second kappa shape index (κ2) is 5.28. The summed E-state index contributed by atoms with van der Waals surface area (Å²) in [5, 5.41) is 0. The molecule has 1 aromatic rings. The topological polar surface area (TPSA) is 46.3 Å². The van der Waals surface area contributed by atoms with Gasteiger partial charge in [0.25, 0.3) is 0 Å². The van der Waals surface area contributed by atoms with Crippen LogP contribution in [0.5, 0.6) is 0 Å². The van der Waals surface area contributed by atoms with Crippen LogP contribution in [0.4, 0.5) is 0 Å². The van der Waals surface area contributed by atoms with Crippen molar-refractivity contribution in [1.29, 1.82) is 0 Å². The first-order valence-electron chi connectivity index (χ1n) is 4.75. The Morgan fingerprint density at radius 1 is 1.47 bits per heavy atom. The van der Waals surface area contributed by atoms with Crippen LogP contribution in [0, 0.1) is 0 Å². The van der Waals surface area contributed by atoms with Gasteiger partial charge in [0.05, 0.1) is 6.04 Å². The molecule has 0 unspecified atom stereocenters. The molecule has 0 aliphatic rings. The van der Waals surface area contributed by atoms with E-state index in [0.717, 1.165) is 10.0 Å². The van der Waals surface area contributed by atoms with Crippen LogP contribution in [0.25, 0.3) is 0 Å². The lowest BCUT2D eigenvalue weighted by Crippen LogP contribution is -2.39. The van der Waals surface area contributed by atoms with Crippen molar-refractivity contribution in [2.75, 3.05) is 7.05 Å². The van der Waals surface area contributed by atoms with Gasteiger partial charge in [-0.15, -0.1) is 0 Å². The van der Waals surface area contributed by atoms with E-state index in [9.17, 15) is 4.79 Å². The van der Waals surface area contributed by atoms with E-state index in [1.807, 2.05) is 24.3 Å². The molecule has 0 saturated heterocycles. The van der Waals surface area contributed by atoms with Crippen molar-refractivity contribution in [3.63, 3.8) is 0 Å². The van der Waals surface area contributed by atoms with E-state index in [1.165, 1.54) is 0 Å². The van der Waals surface area contributed by atoms with E-state index < -0.39 is 6.04 Å². The number of halogens is 1. The number of rotatable bonds is 3. The highest BCUT2D eigenvalue weighted by Crippen LogP contribution is 2.11. The largest absolute Gasteiger partial charge is 0.340 e. The van der Waals surface area contributed by atoms with E-state index in [-0.39, 0.29) is 5.91 Å². The maximum absolute atomic E-state index is 11.5. The van der Waals surface area contributed by atoms with Gasteiger partial charge < -0.3 is 10.6 Å². The Kier molecular flexibility index (Phi) is 4.29. The van der Waals surface area contributed by atoms with Crippen molar-refractivity contribution < 1.29 is 4.79 Å². The molecule has 0 aromatic heterocycles.